The number of rotatable bonds is 4. The van der Waals surface area contributed by atoms with Gasteiger partial charge in [-0.3, -0.25) is 15.5 Å². The molecule has 0 amide bonds. The maximum atomic E-state index is 11.1. The van der Waals surface area contributed by atoms with Gasteiger partial charge in [0.25, 0.3) is 0 Å². The highest BCUT2D eigenvalue weighted by molar-refractivity contribution is 5.62. The number of nitrogen functional groups attached to an aromatic ring is 1. The highest BCUT2D eigenvalue weighted by Gasteiger charge is 2.35. The van der Waals surface area contributed by atoms with Gasteiger partial charge in [0.1, 0.15) is 5.69 Å². The maximum absolute atomic E-state index is 11.1. The second-order valence-electron chi connectivity index (χ2n) is 4.77. The molecule has 0 bridgehead atoms. The first-order valence-corrected chi connectivity index (χ1v) is 5.73. The second-order valence-corrected chi connectivity index (χ2v) is 4.77. The number of hydrogen-bond donors (Lipinski definition) is 3. The molecule has 2 rings (SSSR count). The molecule has 4 N–H and O–H groups in total. The normalized spacial score (nSPS) is 16.8. The minimum Gasteiger partial charge on any atom is -0.359 e. The zero-order valence-electron chi connectivity index (χ0n) is 10.4. The molecule has 0 unspecified atom stereocenters. The number of nitrogens with one attached hydrogen (secondary N) is 2. The van der Waals surface area contributed by atoms with Crippen LogP contribution >= 0.6 is 0 Å². The maximum Gasteiger partial charge on any atom is 0.332 e. The van der Waals surface area contributed by atoms with Crippen molar-refractivity contribution in [3.05, 3.63) is 15.8 Å². The molecular formula is C10H16N6O2. The summed E-state index contributed by atoms with van der Waals surface area (Å²) in [6, 6.07) is 0. The topological polar surface area (TPSA) is 119 Å². The minimum atomic E-state index is -0.472. The van der Waals surface area contributed by atoms with Crippen molar-refractivity contribution in [1.29, 1.82) is 0 Å². The first-order chi connectivity index (χ1) is 8.45. The molecule has 1 fully saturated rings. The summed E-state index contributed by atoms with van der Waals surface area (Å²) < 4.78 is 0. The Kier molecular flexibility index (Phi) is 3.04. The van der Waals surface area contributed by atoms with Crippen molar-refractivity contribution in [2.24, 2.45) is 5.84 Å². The summed E-state index contributed by atoms with van der Waals surface area (Å²) in [6.07, 6.45) is 3.06. The summed E-state index contributed by atoms with van der Waals surface area (Å²) in [7, 11) is 0. The Morgan fingerprint density at radius 1 is 1.44 bits per heavy atom. The molecule has 1 aromatic rings. The Labute approximate surface area is 104 Å². The molecule has 1 aliphatic rings. The van der Waals surface area contributed by atoms with Crippen molar-refractivity contribution in [2.75, 3.05) is 10.7 Å². The third-order valence-corrected chi connectivity index (χ3v) is 3.25. The molecule has 0 aromatic carbocycles. The number of aromatic nitrogens is 2. The van der Waals surface area contributed by atoms with Crippen LogP contribution in [0.25, 0.3) is 0 Å². The quantitative estimate of drug-likeness (QED) is 0.420. The molecule has 1 aliphatic carbocycles. The number of hydrazine groups is 1. The predicted molar refractivity (Wildman–Crippen MR) is 67.1 cm³/mol. The van der Waals surface area contributed by atoms with Gasteiger partial charge in [0, 0.05) is 5.54 Å². The van der Waals surface area contributed by atoms with E-state index in [1.165, 1.54) is 0 Å². The van der Waals surface area contributed by atoms with Gasteiger partial charge in [-0.05, 0) is 33.1 Å². The van der Waals surface area contributed by atoms with Crippen LogP contribution in [0.1, 0.15) is 31.9 Å². The van der Waals surface area contributed by atoms with E-state index in [0.29, 0.717) is 0 Å². The average molecular weight is 252 g/mol. The van der Waals surface area contributed by atoms with Gasteiger partial charge < -0.3 is 5.32 Å². The summed E-state index contributed by atoms with van der Waals surface area (Å²) in [5.41, 5.74) is 2.37. The highest BCUT2D eigenvalue weighted by Crippen LogP contribution is 2.37. The Bertz CT molecular complexity index is 486. The number of anilines is 2. The van der Waals surface area contributed by atoms with Crippen molar-refractivity contribution >= 4 is 17.5 Å². The lowest BCUT2D eigenvalue weighted by Crippen LogP contribution is -2.42. The Morgan fingerprint density at radius 2 is 2.11 bits per heavy atom. The lowest BCUT2D eigenvalue weighted by molar-refractivity contribution is -0.385. The van der Waals surface area contributed by atoms with Gasteiger partial charge >= 0.3 is 5.69 Å². The third-order valence-electron chi connectivity index (χ3n) is 3.25. The molecule has 8 heteroatoms. The van der Waals surface area contributed by atoms with Crippen LogP contribution < -0.4 is 16.6 Å². The fraction of sp³-hybridized carbons (Fsp3) is 0.600. The largest absolute Gasteiger partial charge is 0.359 e. The first-order valence-electron chi connectivity index (χ1n) is 5.73. The molecule has 0 aliphatic heterocycles. The number of nitrogens with two attached hydrogens (primary N) is 1. The van der Waals surface area contributed by atoms with E-state index in [9.17, 15) is 10.1 Å². The van der Waals surface area contributed by atoms with Gasteiger partial charge in [-0.25, -0.2) is 10.8 Å². The fourth-order valence-corrected chi connectivity index (χ4v) is 2.06. The summed E-state index contributed by atoms with van der Waals surface area (Å²) in [6.45, 7) is 3.59. The SMILES string of the molecule is Cc1nc(NN)nc(NC2(C)CCC2)c1[N+](=O)[O-]. The van der Waals surface area contributed by atoms with Crippen LogP contribution in [0.5, 0.6) is 0 Å². The lowest BCUT2D eigenvalue weighted by atomic mass is 9.78. The van der Waals surface area contributed by atoms with Crippen molar-refractivity contribution < 1.29 is 4.92 Å². The van der Waals surface area contributed by atoms with Crippen molar-refractivity contribution in [1.82, 2.24) is 9.97 Å². The number of nitrogens with zero attached hydrogens (tertiary/aromatic N) is 3. The van der Waals surface area contributed by atoms with Gasteiger partial charge in [0.2, 0.25) is 11.8 Å². The van der Waals surface area contributed by atoms with Gasteiger partial charge in [-0.2, -0.15) is 4.98 Å². The Balaban J connectivity index is 2.41. The van der Waals surface area contributed by atoms with Crippen LogP contribution in [0.4, 0.5) is 17.5 Å². The third kappa shape index (κ3) is 2.19. The highest BCUT2D eigenvalue weighted by atomic mass is 16.6. The molecule has 0 saturated heterocycles. The average Bonchev–Trinajstić information content (AvgIpc) is 2.25. The Hall–Kier alpha value is -1.96. The van der Waals surface area contributed by atoms with Crippen LogP contribution in [0, 0.1) is 17.0 Å². The molecule has 1 saturated carbocycles. The zero-order chi connectivity index (χ0) is 13.3. The lowest BCUT2D eigenvalue weighted by Gasteiger charge is -2.39. The zero-order valence-corrected chi connectivity index (χ0v) is 10.4. The fourth-order valence-electron chi connectivity index (χ4n) is 2.06. The van der Waals surface area contributed by atoms with Gasteiger partial charge in [-0.1, -0.05) is 0 Å². The number of nitro groups is 1. The summed E-state index contributed by atoms with van der Waals surface area (Å²) in [4.78, 5) is 18.6. The number of hydrogen-bond acceptors (Lipinski definition) is 7. The smallest absolute Gasteiger partial charge is 0.332 e. The van der Waals surface area contributed by atoms with Gasteiger partial charge in [0.05, 0.1) is 4.92 Å². The molecule has 0 radical (unpaired) electrons. The molecular weight excluding hydrogens is 236 g/mol. The van der Waals surface area contributed by atoms with Gasteiger partial charge in [-0.15, -0.1) is 0 Å². The first kappa shape index (κ1) is 12.5. The van der Waals surface area contributed by atoms with E-state index >= 15 is 0 Å². The van der Waals surface area contributed by atoms with Crippen LogP contribution in [-0.2, 0) is 0 Å². The molecule has 0 atom stereocenters. The molecule has 1 heterocycles. The van der Waals surface area contributed by atoms with Gasteiger partial charge in [0.15, 0.2) is 0 Å². The molecule has 1 aromatic heterocycles. The van der Waals surface area contributed by atoms with E-state index in [4.69, 9.17) is 5.84 Å². The van der Waals surface area contributed by atoms with Crippen LogP contribution in [0.2, 0.25) is 0 Å². The van der Waals surface area contributed by atoms with E-state index in [1.54, 1.807) is 6.92 Å². The summed E-state index contributed by atoms with van der Waals surface area (Å²) in [5, 5.41) is 14.2. The summed E-state index contributed by atoms with van der Waals surface area (Å²) >= 11 is 0. The second kappa shape index (κ2) is 4.37. The predicted octanol–water partition coefficient (Wildman–Crippen LogP) is 1.33. The molecule has 0 spiro atoms. The van der Waals surface area contributed by atoms with E-state index in [-0.39, 0.29) is 28.7 Å². The van der Waals surface area contributed by atoms with Crippen LogP contribution in [-0.4, -0.2) is 20.4 Å². The van der Waals surface area contributed by atoms with E-state index in [0.717, 1.165) is 19.3 Å². The standard InChI is InChI=1S/C10H16N6O2/c1-6-7(16(17)18)8(13-9(12-6)15-11)14-10(2)4-3-5-10/h3-5,11H2,1-2H3,(H2,12,13,14,15). The van der Waals surface area contributed by atoms with Crippen LogP contribution in [0.15, 0.2) is 0 Å². The van der Waals surface area contributed by atoms with Crippen molar-refractivity contribution in [3.63, 3.8) is 0 Å². The Morgan fingerprint density at radius 3 is 2.56 bits per heavy atom. The van der Waals surface area contributed by atoms with E-state index < -0.39 is 4.92 Å². The molecule has 18 heavy (non-hydrogen) atoms. The number of aryl methyl sites for hydroxylation is 1. The minimum absolute atomic E-state index is 0.0953. The summed E-state index contributed by atoms with van der Waals surface area (Å²) in [5.74, 6) is 5.65. The molecule has 8 nitrogen and oxygen atoms in total. The van der Waals surface area contributed by atoms with E-state index in [1.807, 2.05) is 6.92 Å². The van der Waals surface area contributed by atoms with Crippen molar-refractivity contribution in [3.8, 4) is 0 Å². The van der Waals surface area contributed by atoms with Crippen LogP contribution in [0.3, 0.4) is 0 Å². The molecule has 98 valence electrons. The monoisotopic (exact) mass is 252 g/mol. The van der Waals surface area contributed by atoms with Crippen molar-refractivity contribution in [2.45, 2.75) is 38.6 Å². The van der Waals surface area contributed by atoms with E-state index in [2.05, 4.69) is 20.7 Å².